The first-order valence-electron chi connectivity index (χ1n) is 11.0. The molecule has 1 aliphatic heterocycles. The third kappa shape index (κ3) is 4.17. The molecule has 3 aromatic heterocycles. The molecule has 0 saturated carbocycles. The minimum atomic E-state index is -0.797. The standard InChI is InChI=1S/C25H24N4O5/c1-33-22(31)12-19(20-13-27-29-9-4-8-26-25(20)29)24-23(32)21(30)11-18(34-24)15-28-10-7-16-5-2-3-6-17(16)14-28/h2-6,8-9,11,13,19,32H,7,10,12,14-15H2,1H3/t19-/m1/s1. The van der Waals surface area contributed by atoms with Gasteiger partial charge < -0.3 is 14.3 Å². The van der Waals surface area contributed by atoms with E-state index in [0.29, 0.717) is 23.5 Å². The molecule has 9 heteroatoms. The lowest BCUT2D eigenvalue weighted by Gasteiger charge is -2.28. The highest BCUT2D eigenvalue weighted by molar-refractivity contribution is 5.72. The maximum absolute atomic E-state index is 12.7. The van der Waals surface area contributed by atoms with E-state index in [-0.39, 0.29) is 12.2 Å². The number of methoxy groups -OCH3 is 1. The Balaban J connectivity index is 1.52. The summed E-state index contributed by atoms with van der Waals surface area (Å²) in [5.41, 5.74) is 3.05. The Hall–Kier alpha value is -3.98. The Bertz CT molecular complexity index is 1410. The second-order valence-corrected chi connectivity index (χ2v) is 8.34. The van der Waals surface area contributed by atoms with Crippen LogP contribution in [0.15, 0.2) is 64.2 Å². The predicted octanol–water partition coefficient (Wildman–Crippen LogP) is 2.64. The molecule has 0 aliphatic carbocycles. The summed E-state index contributed by atoms with van der Waals surface area (Å²) in [7, 11) is 1.29. The molecule has 0 amide bonds. The van der Waals surface area contributed by atoms with Gasteiger partial charge in [0.1, 0.15) is 5.76 Å². The van der Waals surface area contributed by atoms with Gasteiger partial charge in [-0.05, 0) is 23.6 Å². The fourth-order valence-electron chi connectivity index (χ4n) is 4.46. The minimum absolute atomic E-state index is 0.00543. The summed E-state index contributed by atoms with van der Waals surface area (Å²) >= 11 is 0. The maximum atomic E-state index is 12.7. The smallest absolute Gasteiger partial charge is 0.306 e. The summed E-state index contributed by atoms with van der Waals surface area (Å²) in [5.74, 6) is -1.42. The summed E-state index contributed by atoms with van der Waals surface area (Å²) in [6.07, 6.45) is 5.65. The van der Waals surface area contributed by atoms with Crippen LogP contribution in [0, 0.1) is 0 Å². The monoisotopic (exact) mass is 460 g/mol. The molecule has 0 radical (unpaired) electrons. The van der Waals surface area contributed by atoms with E-state index >= 15 is 0 Å². The van der Waals surface area contributed by atoms with Gasteiger partial charge in [-0.15, -0.1) is 0 Å². The van der Waals surface area contributed by atoms with Crippen LogP contribution >= 0.6 is 0 Å². The average molecular weight is 460 g/mol. The molecule has 1 atom stereocenters. The summed E-state index contributed by atoms with van der Waals surface area (Å²) in [6.45, 7) is 1.95. The number of aromatic nitrogens is 3. The Labute approximate surface area is 195 Å². The van der Waals surface area contributed by atoms with Crippen LogP contribution in [0.4, 0.5) is 0 Å². The van der Waals surface area contributed by atoms with Crippen molar-refractivity contribution in [2.24, 2.45) is 0 Å². The van der Waals surface area contributed by atoms with Crippen molar-refractivity contribution in [2.45, 2.75) is 31.8 Å². The highest BCUT2D eigenvalue weighted by Crippen LogP contribution is 2.35. The van der Waals surface area contributed by atoms with Gasteiger partial charge in [0.25, 0.3) is 0 Å². The summed E-state index contributed by atoms with van der Waals surface area (Å²) in [5, 5.41) is 14.9. The van der Waals surface area contributed by atoms with Crippen molar-refractivity contribution < 1.29 is 19.1 Å². The molecule has 5 rings (SSSR count). The molecule has 0 unspecified atom stereocenters. The van der Waals surface area contributed by atoms with Gasteiger partial charge in [-0.3, -0.25) is 14.5 Å². The van der Waals surface area contributed by atoms with Gasteiger partial charge in [0.15, 0.2) is 11.4 Å². The molecule has 174 valence electrons. The summed E-state index contributed by atoms with van der Waals surface area (Å²) in [6, 6.07) is 11.3. The number of carbonyl (C=O) groups is 1. The van der Waals surface area contributed by atoms with Crippen LogP contribution < -0.4 is 5.43 Å². The first-order valence-corrected chi connectivity index (χ1v) is 11.0. The van der Waals surface area contributed by atoms with Crippen LogP contribution in [0.25, 0.3) is 5.65 Å². The van der Waals surface area contributed by atoms with Gasteiger partial charge >= 0.3 is 5.97 Å². The number of fused-ring (bicyclic) bond motifs is 2. The number of nitrogens with zero attached hydrogens (tertiary/aromatic N) is 4. The molecule has 0 bridgehead atoms. The second-order valence-electron chi connectivity index (χ2n) is 8.34. The zero-order valence-corrected chi connectivity index (χ0v) is 18.7. The summed E-state index contributed by atoms with van der Waals surface area (Å²) in [4.78, 5) is 31.5. The number of benzene rings is 1. The van der Waals surface area contributed by atoms with Gasteiger partial charge in [0.05, 0.1) is 32.2 Å². The van der Waals surface area contributed by atoms with Crippen LogP contribution in [0.1, 0.15) is 40.5 Å². The molecule has 4 heterocycles. The van der Waals surface area contributed by atoms with E-state index < -0.39 is 23.1 Å². The fraction of sp³-hybridized carbons (Fsp3) is 0.280. The topological polar surface area (TPSA) is 110 Å². The first kappa shape index (κ1) is 21.8. The Morgan fingerprint density at radius 1 is 1.26 bits per heavy atom. The molecule has 0 spiro atoms. The summed E-state index contributed by atoms with van der Waals surface area (Å²) < 4.78 is 12.5. The third-order valence-electron chi connectivity index (χ3n) is 6.19. The molecular weight excluding hydrogens is 436 g/mol. The van der Waals surface area contributed by atoms with E-state index in [9.17, 15) is 14.7 Å². The van der Waals surface area contributed by atoms with Gasteiger partial charge in [-0.25, -0.2) is 9.50 Å². The molecule has 1 aliphatic rings. The van der Waals surface area contributed by atoms with Crippen molar-refractivity contribution in [2.75, 3.05) is 13.7 Å². The number of ether oxygens (including phenoxy) is 1. The van der Waals surface area contributed by atoms with Crippen molar-refractivity contribution in [3.05, 3.63) is 93.4 Å². The second kappa shape index (κ2) is 9.11. The zero-order valence-electron chi connectivity index (χ0n) is 18.7. The van der Waals surface area contributed by atoms with E-state index in [2.05, 4.69) is 27.1 Å². The molecule has 0 fully saturated rings. The van der Waals surface area contributed by atoms with E-state index in [1.165, 1.54) is 24.3 Å². The number of rotatable bonds is 6. The zero-order chi connectivity index (χ0) is 23.7. The number of carbonyl (C=O) groups excluding carboxylic acids is 1. The van der Waals surface area contributed by atoms with E-state index in [1.807, 2.05) is 12.1 Å². The third-order valence-corrected chi connectivity index (χ3v) is 6.19. The first-order chi connectivity index (χ1) is 16.5. The number of esters is 1. The van der Waals surface area contributed by atoms with Gasteiger partial charge in [0.2, 0.25) is 11.2 Å². The predicted molar refractivity (Wildman–Crippen MR) is 122 cm³/mol. The Morgan fingerprint density at radius 3 is 2.91 bits per heavy atom. The molecule has 1 aromatic carbocycles. The van der Waals surface area contributed by atoms with Crippen molar-refractivity contribution in [1.29, 1.82) is 0 Å². The SMILES string of the molecule is COC(=O)C[C@@H](c1oc(CN2CCc3ccccc3C2)cc(=O)c1O)c1cnn2cccnc12. The van der Waals surface area contributed by atoms with Crippen molar-refractivity contribution in [1.82, 2.24) is 19.5 Å². The van der Waals surface area contributed by atoms with Crippen molar-refractivity contribution in [3.8, 4) is 5.75 Å². The lowest BCUT2D eigenvalue weighted by molar-refractivity contribution is -0.140. The quantitative estimate of drug-likeness (QED) is 0.437. The molecule has 34 heavy (non-hydrogen) atoms. The van der Waals surface area contributed by atoms with Crippen molar-refractivity contribution >= 4 is 11.6 Å². The van der Waals surface area contributed by atoms with E-state index in [0.717, 1.165) is 19.5 Å². The minimum Gasteiger partial charge on any atom is -0.502 e. The molecule has 4 aromatic rings. The number of hydrogen-bond acceptors (Lipinski definition) is 8. The molecular formula is C25H24N4O5. The highest BCUT2D eigenvalue weighted by atomic mass is 16.5. The number of hydrogen-bond donors (Lipinski definition) is 1. The Morgan fingerprint density at radius 2 is 2.09 bits per heavy atom. The van der Waals surface area contributed by atoms with Gasteiger partial charge in [-0.2, -0.15) is 5.10 Å². The van der Waals surface area contributed by atoms with Crippen LogP contribution in [0.2, 0.25) is 0 Å². The van der Waals surface area contributed by atoms with Crippen LogP contribution in [-0.4, -0.2) is 44.2 Å². The molecule has 0 saturated heterocycles. The lowest BCUT2D eigenvalue weighted by Crippen LogP contribution is -2.30. The number of aromatic hydroxyl groups is 1. The highest BCUT2D eigenvalue weighted by Gasteiger charge is 2.30. The fourth-order valence-corrected chi connectivity index (χ4v) is 4.46. The van der Waals surface area contributed by atoms with Crippen molar-refractivity contribution in [3.63, 3.8) is 0 Å². The normalized spacial score (nSPS) is 14.6. The largest absolute Gasteiger partial charge is 0.502 e. The molecule has 1 N–H and O–H groups in total. The Kier molecular flexibility index (Phi) is 5.85. The molecule has 9 nitrogen and oxygen atoms in total. The van der Waals surface area contributed by atoms with Gasteiger partial charge in [0, 0.05) is 37.1 Å². The van der Waals surface area contributed by atoms with E-state index in [4.69, 9.17) is 9.15 Å². The van der Waals surface area contributed by atoms with Crippen LogP contribution in [0.3, 0.4) is 0 Å². The lowest BCUT2D eigenvalue weighted by atomic mass is 9.94. The van der Waals surface area contributed by atoms with Crippen LogP contribution in [-0.2, 0) is 29.0 Å². The van der Waals surface area contributed by atoms with E-state index in [1.54, 1.807) is 29.2 Å². The maximum Gasteiger partial charge on any atom is 0.306 e. The van der Waals surface area contributed by atoms with Gasteiger partial charge in [-0.1, -0.05) is 24.3 Å². The van der Waals surface area contributed by atoms with Crippen LogP contribution in [0.5, 0.6) is 5.75 Å². The average Bonchev–Trinajstić information content (AvgIpc) is 3.28.